The van der Waals surface area contributed by atoms with Gasteiger partial charge in [0, 0.05) is 12.7 Å². The molecule has 1 aromatic heterocycles. The summed E-state index contributed by atoms with van der Waals surface area (Å²) in [5, 5.41) is 8.70. The van der Waals surface area contributed by atoms with E-state index in [2.05, 4.69) is 4.98 Å². The van der Waals surface area contributed by atoms with E-state index in [1.54, 1.807) is 6.20 Å². The number of aromatic nitrogens is 2. The fourth-order valence-corrected chi connectivity index (χ4v) is 1.62. The Balaban J connectivity index is 0.000000980. The van der Waals surface area contributed by atoms with Crippen molar-refractivity contribution in [3.05, 3.63) is 17.7 Å². The van der Waals surface area contributed by atoms with Crippen LogP contribution >= 0.6 is 24.8 Å². The molecule has 15 heavy (non-hydrogen) atoms. The van der Waals surface area contributed by atoms with Gasteiger partial charge < -0.3 is 15.4 Å². The van der Waals surface area contributed by atoms with Crippen LogP contribution in [0.2, 0.25) is 0 Å². The Morgan fingerprint density at radius 1 is 1.60 bits per heavy atom. The zero-order valence-corrected chi connectivity index (χ0v) is 9.55. The Bertz CT molecular complexity index is 354. The number of fused-ring (bicyclic) bond motifs is 1. The zero-order chi connectivity index (χ0) is 9.42. The van der Waals surface area contributed by atoms with E-state index >= 15 is 0 Å². The van der Waals surface area contributed by atoms with Crippen molar-refractivity contribution in [2.24, 2.45) is 5.73 Å². The number of imidazole rings is 1. The van der Waals surface area contributed by atoms with E-state index < -0.39 is 5.97 Å². The largest absolute Gasteiger partial charge is 0.476 e. The molecule has 1 aliphatic heterocycles. The van der Waals surface area contributed by atoms with Crippen molar-refractivity contribution in [2.45, 2.75) is 25.4 Å². The van der Waals surface area contributed by atoms with Gasteiger partial charge in [0.05, 0.1) is 6.04 Å². The maximum absolute atomic E-state index is 10.6. The van der Waals surface area contributed by atoms with Crippen LogP contribution in [0, 0.1) is 0 Å². The van der Waals surface area contributed by atoms with Crippen molar-refractivity contribution in [3.63, 3.8) is 0 Å². The quantitative estimate of drug-likeness (QED) is 0.789. The molecule has 0 bridgehead atoms. The molecule has 2 rings (SSSR count). The van der Waals surface area contributed by atoms with Crippen molar-refractivity contribution in [2.75, 3.05) is 0 Å². The second-order valence-corrected chi connectivity index (χ2v) is 3.23. The van der Waals surface area contributed by atoms with Crippen LogP contribution in [0.3, 0.4) is 0 Å². The van der Waals surface area contributed by atoms with Crippen LogP contribution in [-0.2, 0) is 6.54 Å². The zero-order valence-electron chi connectivity index (χ0n) is 7.92. The van der Waals surface area contributed by atoms with Crippen molar-refractivity contribution in [3.8, 4) is 0 Å². The van der Waals surface area contributed by atoms with Crippen LogP contribution in [0.4, 0.5) is 0 Å². The summed E-state index contributed by atoms with van der Waals surface area (Å²) in [5.74, 6) is -0.294. The Labute approximate surface area is 99.5 Å². The van der Waals surface area contributed by atoms with Gasteiger partial charge in [-0.1, -0.05) is 0 Å². The number of nitrogens with two attached hydrogens (primary N) is 1. The first-order chi connectivity index (χ1) is 6.18. The van der Waals surface area contributed by atoms with E-state index in [1.165, 1.54) is 0 Å². The summed E-state index contributed by atoms with van der Waals surface area (Å²) >= 11 is 0. The standard InChI is InChI=1S/C8H11N3O2.2ClH/c9-5-2-1-3-11-4-6(8(12)13)10-7(5)11;;/h4-5H,1-3,9H2,(H,12,13);2*1H. The van der Waals surface area contributed by atoms with E-state index in [0.717, 1.165) is 19.4 Å². The number of hydrogen-bond donors (Lipinski definition) is 2. The van der Waals surface area contributed by atoms with Crippen LogP contribution in [0.15, 0.2) is 6.20 Å². The molecule has 2 heterocycles. The van der Waals surface area contributed by atoms with Gasteiger partial charge in [-0.05, 0) is 12.8 Å². The van der Waals surface area contributed by atoms with Gasteiger partial charge in [-0.3, -0.25) is 0 Å². The summed E-state index contributed by atoms with van der Waals surface area (Å²) in [6.07, 6.45) is 3.43. The topological polar surface area (TPSA) is 81.1 Å². The minimum absolute atomic E-state index is 0. The highest BCUT2D eigenvalue weighted by Crippen LogP contribution is 2.21. The molecule has 0 amide bonds. The van der Waals surface area contributed by atoms with Crippen LogP contribution < -0.4 is 5.73 Å². The van der Waals surface area contributed by atoms with Crippen LogP contribution in [0.5, 0.6) is 0 Å². The van der Waals surface area contributed by atoms with E-state index in [1.807, 2.05) is 4.57 Å². The Hall–Kier alpha value is -0.780. The van der Waals surface area contributed by atoms with Crippen LogP contribution in [0.1, 0.15) is 35.2 Å². The first kappa shape index (κ1) is 14.2. The van der Waals surface area contributed by atoms with Gasteiger partial charge >= 0.3 is 5.97 Å². The molecule has 0 saturated carbocycles. The Morgan fingerprint density at radius 2 is 2.27 bits per heavy atom. The van der Waals surface area contributed by atoms with Crippen molar-refractivity contribution in [1.29, 1.82) is 0 Å². The average molecular weight is 254 g/mol. The molecular weight excluding hydrogens is 241 g/mol. The summed E-state index contributed by atoms with van der Waals surface area (Å²) < 4.78 is 1.83. The number of aromatic carboxylic acids is 1. The molecule has 0 aliphatic carbocycles. The lowest BCUT2D eigenvalue weighted by molar-refractivity contribution is 0.0691. The summed E-state index contributed by atoms with van der Waals surface area (Å²) in [4.78, 5) is 14.6. The SMILES string of the molecule is Cl.Cl.NC1CCCn2cc(C(=O)O)nc21. The van der Waals surface area contributed by atoms with E-state index in [0.29, 0.717) is 5.82 Å². The second-order valence-electron chi connectivity index (χ2n) is 3.23. The molecule has 0 fully saturated rings. The third kappa shape index (κ3) is 2.62. The highest BCUT2D eigenvalue weighted by molar-refractivity contribution is 5.86. The van der Waals surface area contributed by atoms with Gasteiger partial charge in [-0.2, -0.15) is 0 Å². The minimum atomic E-state index is -0.992. The number of carbonyl (C=O) groups is 1. The molecule has 0 radical (unpaired) electrons. The predicted octanol–water partition coefficient (Wildman–Crippen LogP) is 1.22. The van der Waals surface area contributed by atoms with Gasteiger partial charge in [0.1, 0.15) is 5.82 Å². The molecule has 1 aliphatic rings. The molecule has 1 unspecified atom stereocenters. The molecule has 1 aromatic rings. The third-order valence-electron chi connectivity index (χ3n) is 2.27. The lowest BCUT2D eigenvalue weighted by Gasteiger charge is -2.19. The van der Waals surface area contributed by atoms with E-state index in [4.69, 9.17) is 10.8 Å². The molecule has 5 nitrogen and oxygen atoms in total. The smallest absolute Gasteiger partial charge is 0.356 e. The number of carboxylic acid groups (broad SMARTS) is 1. The molecule has 7 heteroatoms. The summed E-state index contributed by atoms with van der Waals surface area (Å²) in [6, 6.07) is -0.109. The number of hydrogen-bond acceptors (Lipinski definition) is 3. The number of aryl methyl sites for hydroxylation is 1. The summed E-state index contributed by atoms with van der Waals surface area (Å²) in [7, 11) is 0. The van der Waals surface area contributed by atoms with E-state index in [-0.39, 0.29) is 36.5 Å². The second kappa shape index (κ2) is 5.34. The van der Waals surface area contributed by atoms with Crippen LogP contribution in [-0.4, -0.2) is 20.6 Å². The summed E-state index contributed by atoms with van der Waals surface area (Å²) in [5.41, 5.74) is 5.87. The molecule has 1 atom stereocenters. The fraction of sp³-hybridized carbons (Fsp3) is 0.500. The fourth-order valence-electron chi connectivity index (χ4n) is 1.62. The Kier molecular flexibility index (Phi) is 5.07. The van der Waals surface area contributed by atoms with Gasteiger partial charge in [-0.25, -0.2) is 9.78 Å². The molecular formula is C8H13Cl2N3O2. The summed E-state index contributed by atoms with van der Waals surface area (Å²) in [6.45, 7) is 0.823. The highest BCUT2D eigenvalue weighted by Gasteiger charge is 2.21. The molecule has 0 saturated heterocycles. The number of halogens is 2. The minimum Gasteiger partial charge on any atom is -0.476 e. The molecule has 86 valence electrons. The molecule has 0 spiro atoms. The van der Waals surface area contributed by atoms with Gasteiger partial charge in [0.15, 0.2) is 5.69 Å². The average Bonchev–Trinajstić information content (AvgIpc) is 2.49. The Morgan fingerprint density at radius 3 is 2.80 bits per heavy atom. The number of nitrogens with zero attached hydrogens (tertiary/aromatic N) is 2. The lowest BCUT2D eigenvalue weighted by Crippen LogP contribution is -2.21. The van der Waals surface area contributed by atoms with Gasteiger partial charge in [-0.15, -0.1) is 24.8 Å². The first-order valence-electron chi connectivity index (χ1n) is 4.24. The normalized spacial score (nSPS) is 18.3. The van der Waals surface area contributed by atoms with Gasteiger partial charge in [0.25, 0.3) is 0 Å². The highest BCUT2D eigenvalue weighted by atomic mass is 35.5. The maximum Gasteiger partial charge on any atom is 0.356 e. The van der Waals surface area contributed by atoms with Crippen molar-refractivity contribution in [1.82, 2.24) is 9.55 Å². The number of carboxylic acids is 1. The van der Waals surface area contributed by atoms with E-state index in [9.17, 15) is 4.79 Å². The van der Waals surface area contributed by atoms with Crippen molar-refractivity contribution >= 4 is 30.8 Å². The first-order valence-corrected chi connectivity index (χ1v) is 4.24. The maximum atomic E-state index is 10.6. The van der Waals surface area contributed by atoms with Crippen molar-refractivity contribution < 1.29 is 9.90 Å². The van der Waals surface area contributed by atoms with Crippen LogP contribution in [0.25, 0.3) is 0 Å². The molecule has 3 N–H and O–H groups in total. The third-order valence-corrected chi connectivity index (χ3v) is 2.27. The molecule has 0 aromatic carbocycles. The lowest BCUT2D eigenvalue weighted by atomic mass is 10.1. The van der Waals surface area contributed by atoms with Gasteiger partial charge in [0.2, 0.25) is 0 Å². The number of rotatable bonds is 1. The monoisotopic (exact) mass is 253 g/mol. The predicted molar refractivity (Wildman–Crippen MR) is 59.8 cm³/mol.